The summed E-state index contributed by atoms with van der Waals surface area (Å²) < 4.78 is 2.21. The second-order valence-corrected chi connectivity index (χ2v) is 3.75. The number of hydrogen-bond acceptors (Lipinski definition) is 3. The summed E-state index contributed by atoms with van der Waals surface area (Å²) in [7, 11) is 0. The maximum absolute atomic E-state index is 5.67. The molecule has 3 heterocycles. The standard InChI is InChI=1S/C10H12N4/c11-7-5-8-10(12-6-7)14-4-2-1-3-9(14)13-8/h5-6H,1-4,11H2. The van der Waals surface area contributed by atoms with Crippen LogP contribution in [0, 0.1) is 0 Å². The third kappa shape index (κ3) is 0.999. The van der Waals surface area contributed by atoms with Gasteiger partial charge in [0, 0.05) is 13.0 Å². The summed E-state index contributed by atoms with van der Waals surface area (Å²) in [6, 6.07) is 1.90. The summed E-state index contributed by atoms with van der Waals surface area (Å²) >= 11 is 0. The van der Waals surface area contributed by atoms with Crippen LogP contribution in [0.4, 0.5) is 5.69 Å². The quantitative estimate of drug-likeness (QED) is 0.679. The number of aryl methyl sites for hydroxylation is 2. The molecule has 4 nitrogen and oxygen atoms in total. The predicted molar refractivity (Wildman–Crippen MR) is 54.9 cm³/mol. The number of imidazole rings is 1. The first-order chi connectivity index (χ1) is 6.84. The topological polar surface area (TPSA) is 56.7 Å². The Bertz CT molecular complexity index is 486. The molecule has 0 saturated heterocycles. The van der Waals surface area contributed by atoms with E-state index in [0.717, 1.165) is 30.0 Å². The normalized spacial score (nSPS) is 15.7. The first kappa shape index (κ1) is 7.79. The van der Waals surface area contributed by atoms with E-state index < -0.39 is 0 Å². The van der Waals surface area contributed by atoms with E-state index in [1.54, 1.807) is 6.20 Å². The molecule has 2 N–H and O–H groups in total. The molecular formula is C10H12N4. The van der Waals surface area contributed by atoms with Crippen molar-refractivity contribution in [1.29, 1.82) is 0 Å². The Morgan fingerprint density at radius 3 is 3.21 bits per heavy atom. The monoisotopic (exact) mass is 188 g/mol. The fourth-order valence-corrected chi connectivity index (χ4v) is 2.05. The highest BCUT2D eigenvalue weighted by Gasteiger charge is 2.14. The van der Waals surface area contributed by atoms with Crippen LogP contribution in [0.3, 0.4) is 0 Å². The molecule has 4 heteroatoms. The molecule has 1 aliphatic rings. The van der Waals surface area contributed by atoms with Gasteiger partial charge in [-0.1, -0.05) is 0 Å². The molecule has 3 rings (SSSR count). The number of anilines is 1. The summed E-state index contributed by atoms with van der Waals surface area (Å²) in [5.74, 6) is 1.16. The minimum atomic E-state index is 0.688. The number of pyridine rings is 1. The van der Waals surface area contributed by atoms with Crippen molar-refractivity contribution in [2.75, 3.05) is 5.73 Å². The van der Waals surface area contributed by atoms with Gasteiger partial charge in [-0.2, -0.15) is 0 Å². The van der Waals surface area contributed by atoms with Crippen molar-refractivity contribution in [3.63, 3.8) is 0 Å². The van der Waals surface area contributed by atoms with Crippen LogP contribution < -0.4 is 5.73 Å². The van der Waals surface area contributed by atoms with Crippen molar-refractivity contribution in [2.45, 2.75) is 25.8 Å². The number of fused-ring (bicyclic) bond motifs is 3. The molecular weight excluding hydrogens is 176 g/mol. The van der Waals surface area contributed by atoms with Crippen LogP contribution in [0.5, 0.6) is 0 Å². The number of nitrogen functional groups attached to an aromatic ring is 1. The Kier molecular flexibility index (Phi) is 1.50. The lowest BCUT2D eigenvalue weighted by Crippen LogP contribution is -2.10. The van der Waals surface area contributed by atoms with Gasteiger partial charge >= 0.3 is 0 Å². The summed E-state index contributed by atoms with van der Waals surface area (Å²) in [4.78, 5) is 8.86. The van der Waals surface area contributed by atoms with Crippen molar-refractivity contribution in [3.8, 4) is 0 Å². The molecule has 0 aliphatic carbocycles. The van der Waals surface area contributed by atoms with Gasteiger partial charge in [-0.05, 0) is 18.9 Å². The lowest BCUT2D eigenvalue weighted by molar-refractivity contribution is 0.530. The third-order valence-corrected chi connectivity index (χ3v) is 2.72. The summed E-state index contributed by atoms with van der Waals surface area (Å²) in [5.41, 5.74) is 8.27. The minimum absolute atomic E-state index is 0.688. The lowest BCUT2D eigenvalue weighted by Gasteiger charge is -2.12. The van der Waals surface area contributed by atoms with Gasteiger partial charge in [0.2, 0.25) is 0 Å². The zero-order valence-corrected chi connectivity index (χ0v) is 7.90. The minimum Gasteiger partial charge on any atom is -0.397 e. The number of hydrogen-bond donors (Lipinski definition) is 1. The highest BCUT2D eigenvalue weighted by Crippen LogP contribution is 2.21. The Hall–Kier alpha value is -1.58. The van der Waals surface area contributed by atoms with E-state index in [0.29, 0.717) is 5.69 Å². The van der Waals surface area contributed by atoms with Crippen molar-refractivity contribution in [1.82, 2.24) is 14.5 Å². The summed E-state index contributed by atoms with van der Waals surface area (Å²) in [6.45, 7) is 1.04. The molecule has 2 aromatic heterocycles. The maximum atomic E-state index is 5.67. The molecule has 0 atom stereocenters. The molecule has 0 radical (unpaired) electrons. The Morgan fingerprint density at radius 2 is 2.29 bits per heavy atom. The average Bonchev–Trinajstić information content (AvgIpc) is 2.54. The van der Waals surface area contributed by atoms with E-state index in [-0.39, 0.29) is 0 Å². The highest BCUT2D eigenvalue weighted by molar-refractivity contribution is 5.75. The van der Waals surface area contributed by atoms with Gasteiger partial charge in [-0.3, -0.25) is 0 Å². The zero-order chi connectivity index (χ0) is 9.54. The predicted octanol–water partition coefficient (Wildman–Crippen LogP) is 1.35. The number of rotatable bonds is 0. The average molecular weight is 188 g/mol. The van der Waals surface area contributed by atoms with Crippen molar-refractivity contribution in [2.24, 2.45) is 0 Å². The fraction of sp³-hybridized carbons (Fsp3) is 0.400. The molecule has 14 heavy (non-hydrogen) atoms. The highest BCUT2D eigenvalue weighted by atomic mass is 15.1. The number of nitrogens with two attached hydrogens (primary N) is 1. The Morgan fingerprint density at radius 1 is 1.36 bits per heavy atom. The van der Waals surface area contributed by atoms with Crippen molar-refractivity contribution < 1.29 is 0 Å². The largest absolute Gasteiger partial charge is 0.397 e. The number of aromatic nitrogens is 3. The van der Waals surface area contributed by atoms with Crippen LogP contribution in [-0.4, -0.2) is 14.5 Å². The van der Waals surface area contributed by atoms with Crippen LogP contribution in [0.25, 0.3) is 11.2 Å². The molecule has 72 valence electrons. The smallest absolute Gasteiger partial charge is 0.160 e. The van der Waals surface area contributed by atoms with Gasteiger partial charge in [-0.25, -0.2) is 9.97 Å². The molecule has 2 aromatic rings. The molecule has 0 spiro atoms. The Labute approximate surface area is 81.8 Å². The molecule has 0 amide bonds. The van der Waals surface area contributed by atoms with Gasteiger partial charge < -0.3 is 10.3 Å². The first-order valence-corrected chi connectivity index (χ1v) is 4.95. The van der Waals surface area contributed by atoms with E-state index in [1.165, 1.54) is 12.8 Å². The summed E-state index contributed by atoms with van der Waals surface area (Å²) in [5, 5.41) is 0. The molecule has 0 bridgehead atoms. The fourth-order valence-electron chi connectivity index (χ4n) is 2.05. The zero-order valence-electron chi connectivity index (χ0n) is 7.90. The van der Waals surface area contributed by atoms with E-state index in [1.807, 2.05) is 6.07 Å². The second kappa shape index (κ2) is 2.70. The van der Waals surface area contributed by atoms with Crippen molar-refractivity contribution in [3.05, 3.63) is 18.1 Å². The molecule has 1 aliphatic heterocycles. The SMILES string of the molecule is Nc1cnc2c(c1)nc1n2CCCC1. The van der Waals surface area contributed by atoms with E-state index in [4.69, 9.17) is 5.73 Å². The number of nitrogens with zero attached hydrogens (tertiary/aromatic N) is 3. The van der Waals surface area contributed by atoms with Crippen LogP contribution >= 0.6 is 0 Å². The van der Waals surface area contributed by atoms with Crippen molar-refractivity contribution >= 4 is 16.9 Å². The van der Waals surface area contributed by atoms with E-state index in [2.05, 4.69) is 14.5 Å². The van der Waals surface area contributed by atoms with Crippen LogP contribution in [0.2, 0.25) is 0 Å². The second-order valence-electron chi connectivity index (χ2n) is 3.75. The van der Waals surface area contributed by atoms with Gasteiger partial charge in [0.1, 0.15) is 11.3 Å². The van der Waals surface area contributed by atoms with Gasteiger partial charge in [0.25, 0.3) is 0 Å². The van der Waals surface area contributed by atoms with Crippen LogP contribution in [0.1, 0.15) is 18.7 Å². The van der Waals surface area contributed by atoms with Crippen LogP contribution in [-0.2, 0) is 13.0 Å². The van der Waals surface area contributed by atoms with Gasteiger partial charge in [0.05, 0.1) is 11.9 Å². The molecule has 0 fully saturated rings. The lowest BCUT2D eigenvalue weighted by atomic mass is 10.2. The van der Waals surface area contributed by atoms with E-state index in [9.17, 15) is 0 Å². The van der Waals surface area contributed by atoms with Gasteiger partial charge in [-0.15, -0.1) is 0 Å². The van der Waals surface area contributed by atoms with Crippen LogP contribution in [0.15, 0.2) is 12.3 Å². The van der Waals surface area contributed by atoms with Gasteiger partial charge in [0.15, 0.2) is 5.65 Å². The first-order valence-electron chi connectivity index (χ1n) is 4.95. The molecule has 0 aromatic carbocycles. The Balaban J connectivity index is 2.31. The molecule has 0 saturated carbocycles. The maximum Gasteiger partial charge on any atom is 0.160 e. The molecule has 0 unspecified atom stereocenters. The third-order valence-electron chi connectivity index (χ3n) is 2.72. The van der Waals surface area contributed by atoms with E-state index >= 15 is 0 Å². The summed E-state index contributed by atoms with van der Waals surface area (Å²) in [6.07, 6.45) is 5.23.